The Bertz CT molecular complexity index is 1110. The zero-order chi connectivity index (χ0) is 22.1. The lowest BCUT2D eigenvalue weighted by atomic mass is 10.2. The normalized spacial score (nSPS) is 10.5. The first-order valence-electron chi connectivity index (χ1n) is 9.68. The van der Waals surface area contributed by atoms with Gasteiger partial charge in [0.05, 0.1) is 17.4 Å². The molecular weight excluding hydrogens is 398 g/mol. The zero-order valence-electron chi connectivity index (χ0n) is 16.8. The number of nitrogens with zero attached hydrogens (tertiary/aromatic N) is 4. The van der Waals surface area contributed by atoms with Gasteiger partial charge in [-0.15, -0.1) is 0 Å². The fraction of sp³-hybridized carbons (Fsp3) is 0.182. The summed E-state index contributed by atoms with van der Waals surface area (Å²) in [7, 11) is 0. The summed E-state index contributed by atoms with van der Waals surface area (Å²) in [4.78, 5) is 26.7. The monoisotopic (exact) mass is 421 g/mol. The molecular formula is C22H23N5O4. The van der Waals surface area contributed by atoms with Gasteiger partial charge in [-0.1, -0.05) is 24.3 Å². The summed E-state index contributed by atoms with van der Waals surface area (Å²) >= 11 is 0. The number of aromatic nitrogens is 4. The van der Waals surface area contributed by atoms with E-state index in [-0.39, 0.29) is 0 Å². The number of benzene rings is 2. The minimum Gasteiger partial charge on any atom is -0.473 e. The lowest BCUT2D eigenvalue weighted by molar-refractivity contribution is -0.159. The number of aryl methyl sites for hydroxylation is 1. The second-order valence-electron chi connectivity index (χ2n) is 6.71. The Morgan fingerprint density at radius 1 is 0.968 bits per heavy atom. The van der Waals surface area contributed by atoms with E-state index in [4.69, 9.17) is 19.8 Å². The number of hydrogen-bond donors (Lipinski definition) is 3. The number of carboxylic acids is 2. The first-order chi connectivity index (χ1) is 15.0. The molecule has 0 saturated carbocycles. The minimum absolute atomic E-state index is 0.884. The molecule has 0 atom stereocenters. The zero-order valence-corrected chi connectivity index (χ0v) is 16.8. The van der Waals surface area contributed by atoms with Crippen LogP contribution in [0.2, 0.25) is 0 Å². The van der Waals surface area contributed by atoms with E-state index in [2.05, 4.69) is 54.8 Å². The quantitative estimate of drug-likeness (QED) is 0.310. The number of carbonyl (C=O) groups is 2. The average Bonchev–Trinajstić information content (AvgIpc) is 3.44. The summed E-state index contributed by atoms with van der Waals surface area (Å²) in [6.45, 7) is 2.88. The predicted molar refractivity (Wildman–Crippen MR) is 115 cm³/mol. The predicted octanol–water partition coefficient (Wildman–Crippen LogP) is 2.56. The molecule has 2 aromatic heterocycles. The topological polar surface area (TPSA) is 122 Å². The van der Waals surface area contributed by atoms with Crippen LogP contribution in [0, 0.1) is 0 Å². The van der Waals surface area contributed by atoms with E-state index < -0.39 is 11.9 Å². The van der Waals surface area contributed by atoms with Crippen molar-refractivity contribution in [3.8, 4) is 5.69 Å². The molecule has 160 valence electrons. The van der Waals surface area contributed by atoms with Gasteiger partial charge in [-0.2, -0.15) is 0 Å². The first kappa shape index (κ1) is 21.7. The molecule has 0 aliphatic heterocycles. The fourth-order valence-corrected chi connectivity index (χ4v) is 2.98. The third kappa shape index (κ3) is 6.25. The summed E-state index contributed by atoms with van der Waals surface area (Å²) in [5, 5.41) is 18.3. The molecule has 4 rings (SSSR count). The van der Waals surface area contributed by atoms with Crippen LogP contribution in [0.25, 0.3) is 16.7 Å². The highest BCUT2D eigenvalue weighted by atomic mass is 16.4. The Morgan fingerprint density at radius 2 is 1.71 bits per heavy atom. The Balaban J connectivity index is 0.000000401. The van der Waals surface area contributed by atoms with E-state index in [9.17, 15) is 0 Å². The van der Waals surface area contributed by atoms with E-state index >= 15 is 0 Å². The van der Waals surface area contributed by atoms with Gasteiger partial charge in [0.1, 0.15) is 6.33 Å². The van der Waals surface area contributed by atoms with Gasteiger partial charge >= 0.3 is 11.9 Å². The fourth-order valence-electron chi connectivity index (χ4n) is 2.98. The van der Waals surface area contributed by atoms with Crippen LogP contribution < -0.4 is 5.32 Å². The van der Waals surface area contributed by atoms with Crippen LogP contribution in [0.15, 0.2) is 73.6 Å². The molecule has 3 N–H and O–H groups in total. The maximum absolute atomic E-state index is 9.10. The Hall–Kier alpha value is -3.98. The summed E-state index contributed by atoms with van der Waals surface area (Å²) in [6, 6.07) is 16.8. The van der Waals surface area contributed by atoms with Gasteiger partial charge in [0.15, 0.2) is 0 Å². The van der Waals surface area contributed by atoms with Crippen molar-refractivity contribution in [3.05, 3.63) is 79.1 Å². The van der Waals surface area contributed by atoms with Crippen molar-refractivity contribution in [3.63, 3.8) is 0 Å². The molecule has 0 bridgehead atoms. The molecule has 0 fully saturated rings. The Morgan fingerprint density at radius 3 is 2.39 bits per heavy atom. The van der Waals surface area contributed by atoms with E-state index in [1.165, 1.54) is 5.56 Å². The van der Waals surface area contributed by atoms with Crippen LogP contribution >= 0.6 is 0 Å². The highest BCUT2D eigenvalue weighted by Gasteiger charge is 2.04. The van der Waals surface area contributed by atoms with Gasteiger partial charge < -0.3 is 20.1 Å². The summed E-state index contributed by atoms with van der Waals surface area (Å²) in [5.74, 6) is -3.65. The van der Waals surface area contributed by atoms with Crippen molar-refractivity contribution in [2.75, 3.05) is 6.54 Å². The number of carboxylic acid groups (broad SMARTS) is 2. The van der Waals surface area contributed by atoms with Crippen LogP contribution in [0.4, 0.5) is 0 Å². The molecule has 0 unspecified atom stereocenters. The standard InChI is InChI=1S/C20H21N5.C2H2O4/c1-2-5-20-19(4-1)23-16-25(20)18-8-6-17(7-9-18)14-21-10-3-12-24-13-11-22-15-24;3-1(4)2(5)6/h1-2,4-9,11,13,15-16,21H,3,10,12,14H2;(H,3,4)(H,5,6). The summed E-state index contributed by atoms with van der Waals surface area (Å²) in [5.41, 5.74) is 4.58. The first-order valence-corrected chi connectivity index (χ1v) is 9.68. The Kier molecular flexibility index (Phi) is 7.50. The second kappa shape index (κ2) is 10.7. The second-order valence-corrected chi connectivity index (χ2v) is 6.71. The van der Waals surface area contributed by atoms with Gasteiger partial charge in [0.25, 0.3) is 0 Å². The lowest BCUT2D eigenvalue weighted by Gasteiger charge is -2.08. The largest absolute Gasteiger partial charge is 0.473 e. The number of nitrogens with one attached hydrogen (secondary N) is 1. The van der Waals surface area contributed by atoms with Crippen LogP contribution in [0.3, 0.4) is 0 Å². The number of aliphatic carboxylic acids is 2. The van der Waals surface area contributed by atoms with Crippen LogP contribution in [-0.2, 0) is 22.7 Å². The minimum atomic E-state index is -1.82. The molecule has 9 nitrogen and oxygen atoms in total. The molecule has 0 aliphatic carbocycles. The van der Waals surface area contributed by atoms with Gasteiger partial charge in [-0.25, -0.2) is 19.6 Å². The summed E-state index contributed by atoms with van der Waals surface area (Å²) < 4.78 is 4.23. The molecule has 9 heteroatoms. The van der Waals surface area contributed by atoms with Crippen molar-refractivity contribution in [1.82, 2.24) is 24.4 Å². The van der Waals surface area contributed by atoms with Crippen LogP contribution in [-0.4, -0.2) is 47.8 Å². The molecule has 2 heterocycles. The van der Waals surface area contributed by atoms with E-state index in [0.717, 1.165) is 42.8 Å². The highest BCUT2D eigenvalue weighted by molar-refractivity contribution is 6.27. The lowest BCUT2D eigenvalue weighted by Crippen LogP contribution is -2.16. The van der Waals surface area contributed by atoms with Gasteiger partial charge in [0, 0.05) is 31.2 Å². The number of imidazole rings is 2. The van der Waals surface area contributed by atoms with Crippen molar-refractivity contribution >= 4 is 23.0 Å². The molecule has 0 saturated heterocycles. The molecule has 2 aromatic carbocycles. The maximum atomic E-state index is 9.10. The van der Waals surface area contributed by atoms with E-state index in [0.29, 0.717) is 0 Å². The third-order valence-corrected chi connectivity index (χ3v) is 4.51. The maximum Gasteiger partial charge on any atom is 0.414 e. The van der Waals surface area contributed by atoms with Crippen LogP contribution in [0.5, 0.6) is 0 Å². The number of para-hydroxylation sites is 2. The molecule has 4 aromatic rings. The van der Waals surface area contributed by atoms with Crippen LogP contribution in [0.1, 0.15) is 12.0 Å². The molecule has 31 heavy (non-hydrogen) atoms. The SMILES string of the molecule is O=C(O)C(=O)O.c1ccc2c(c1)ncn2-c1ccc(CNCCCn2ccnc2)cc1. The highest BCUT2D eigenvalue weighted by Crippen LogP contribution is 2.18. The Labute approximate surface area is 178 Å². The molecule has 0 amide bonds. The summed E-state index contributed by atoms with van der Waals surface area (Å²) in [6.07, 6.45) is 8.65. The molecule has 0 aliphatic rings. The molecule has 0 spiro atoms. The van der Waals surface area contributed by atoms with Gasteiger partial charge in [0.2, 0.25) is 0 Å². The number of hydrogen-bond acceptors (Lipinski definition) is 5. The average molecular weight is 421 g/mol. The molecule has 0 radical (unpaired) electrons. The van der Waals surface area contributed by atoms with E-state index in [1.54, 1.807) is 0 Å². The van der Waals surface area contributed by atoms with Gasteiger partial charge in [-0.3, -0.25) is 4.57 Å². The number of rotatable bonds is 7. The van der Waals surface area contributed by atoms with Crippen molar-refractivity contribution < 1.29 is 19.8 Å². The van der Waals surface area contributed by atoms with Crippen molar-refractivity contribution in [1.29, 1.82) is 0 Å². The van der Waals surface area contributed by atoms with Crippen molar-refractivity contribution in [2.24, 2.45) is 0 Å². The van der Waals surface area contributed by atoms with Gasteiger partial charge in [-0.05, 0) is 42.8 Å². The van der Waals surface area contributed by atoms with Crippen molar-refractivity contribution in [2.45, 2.75) is 19.5 Å². The number of fused-ring (bicyclic) bond motifs is 1. The third-order valence-electron chi connectivity index (χ3n) is 4.51. The smallest absolute Gasteiger partial charge is 0.414 e. The van der Waals surface area contributed by atoms with E-state index in [1.807, 2.05) is 43.2 Å².